The van der Waals surface area contributed by atoms with Gasteiger partial charge < -0.3 is 15.3 Å². The average molecular weight is 580 g/mol. The molecule has 4 aliphatic rings. The third-order valence-electron chi connectivity index (χ3n) is 11.2. The highest BCUT2D eigenvalue weighted by Gasteiger charge is 2.54. The van der Waals surface area contributed by atoms with E-state index < -0.39 is 18.3 Å². The van der Waals surface area contributed by atoms with E-state index in [0.717, 1.165) is 41.8 Å². The lowest BCUT2D eigenvalue weighted by molar-refractivity contribution is 0.0706. The minimum absolute atomic E-state index is 0.0124. The van der Waals surface area contributed by atoms with Crippen LogP contribution in [0.25, 0.3) is 0 Å². The first-order valence-corrected chi connectivity index (χ1v) is 17.1. The first-order valence-electron chi connectivity index (χ1n) is 16.3. The fourth-order valence-corrected chi connectivity index (χ4v) is 9.77. The van der Waals surface area contributed by atoms with Crippen LogP contribution >= 0.6 is 11.3 Å². The number of aliphatic hydroxyl groups is 3. The molecule has 0 aliphatic heterocycles. The molecule has 5 rings (SSSR count). The van der Waals surface area contributed by atoms with Crippen molar-refractivity contribution in [2.75, 3.05) is 0 Å². The number of allylic oxidation sites excluding steroid dienone is 4. The number of aryl methyl sites for hydroxylation is 1. The molecule has 41 heavy (non-hydrogen) atoms. The maximum atomic E-state index is 11.4. The molecule has 4 nitrogen and oxygen atoms in total. The largest absolute Gasteiger partial charge is 0.393 e. The lowest BCUT2D eigenvalue weighted by atomic mass is 9.57. The molecule has 0 aromatic carbocycles. The van der Waals surface area contributed by atoms with Gasteiger partial charge in [0.15, 0.2) is 0 Å². The average Bonchev–Trinajstić information content (AvgIpc) is 3.45. The van der Waals surface area contributed by atoms with E-state index in [1.807, 2.05) is 17.5 Å². The van der Waals surface area contributed by atoms with E-state index in [-0.39, 0.29) is 16.2 Å². The Hall–Kier alpha value is -1.53. The minimum Gasteiger partial charge on any atom is -0.393 e. The Morgan fingerprint density at radius 1 is 1.17 bits per heavy atom. The molecular weight excluding hydrogens is 526 g/mol. The lowest BCUT2D eigenvalue weighted by Crippen LogP contribution is -2.39. The molecule has 0 spiro atoms. The van der Waals surface area contributed by atoms with Gasteiger partial charge in [0.25, 0.3) is 0 Å². The molecule has 0 unspecified atom stereocenters. The van der Waals surface area contributed by atoms with Crippen LogP contribution in [0.5, 0.6) is 0 Å². The van der Waals surface area contributed by atoms with Crippen LogP contribution in [0, 0.1) is 22.7 Å². The number of rotatable bonds is 10. The van der Waals surface area contributed by atoms with Crippen LogP contribution < -0.4 is 0 Å². The van der Waals surface area contributed by atoms with Crippen LogP contribution in [0.4, 0.5) is 0 Å². The fraction of sp³-hybridized carbons (Fsp3) is 0.694. The van der Waals surface area contributed by atoms with Gasteiger partial charge in [-0.2, -0.15) is 0 Å². The molecule has 4 aliphatic carbocycles. The Morgan fingerprint density at radius 2 is 1.95 bits per heavy atom. The molecule has 4 fully saturated rings. The van der Waals surface area contributed by atoms with Gasteiger partial charge in [0.05, 0.1) is 23.7 Å². The molecule has 0 amide bonds. The fourth-order valence-electron chi connectivity index (χ4n) is 8.54. The third-order valence-corrected chi connectivity index (χ3v) is 12.5. The van der Waals surface area contributed by atoms with Gasteiger partial charge in [-0.15, -0.1) is 11.3 Å². The van der Waals surface area contributed by atoms with Crippen LogP contribution in [-0.4, -0.2) is 38.6 Å². The Morgan fingerprint density at radius 3 is 2.68 bits per heavy atom. The zero-order chi connectivity index (χ0) is 29.4. The Bertz CT molecular complexity index is 1190. The van der Waals surface area contributed by atoms with E-state index in [4.69, 9.17) is 4.98 Å². The summed E-state index contributed by atoms with van der Waals surface area (Å²) in [7, 11) is 0. The number of unbranched alkanes of at least 4 members (excludes halogenated alkanes) is 2. The van der Waals surface area contributed by atoms with Crippen molar-refractivity contribution in [2.45, 2.75) is 135 Å². The van der Waals surface area contributed by atoms with Crippen LogP contribution in [0.2, 0.25) is 0 Å². The van der Waals surface area contributed by atoms with Gasteiger partial charge in [-0.25, -0.2) is 4.98 Å². The van der Waals surface area contributed by atoms with Crippen molar-refractivity contribution >= 4 is 11.3 Å². The first-order chi connectivity index (χ1) is 19.5. The summed E-state index contributed by atoms with van der Waals surface area (Å²) in [6.07, 6.45) is 23.1. The second kappa shape index (κ2) is 12.2. The van der Waals surface area contributed by atoms with Gasteiger partial charge >= 0.3 is 0 Å². The quantitative estimate of drug-likeness (QED) is 0.194. The smallest absolute Gasteiger partial charge is 0.102 e. The second-order valence-electron chi connectivity index (χ2n) is 14.5. The van der Waals surface area contributed by atoms with Gasteiger partial charge in [0.2, 0.25) is 0 Å². The topological polar surface area (TPSA) is 73.6 Å². The highest BCUT2D eigenvalue weighted by Crippen LogP contribution is 2.62. The molecule has 6 atom stereocenters. The standard InChI is InChI=1S/C36H53NO3S/c1-6-7-8-11-28-23-37-33(41-28)36(19-20-36)32(40)16-18-34(3,4)31-15-14-29-25(10-9-17-35(29,31)5)12-13-26-21-27(38)22-30(39)24(26)2/h12-13,16,18,23,27,29-32,38-40H,2,6-11,14-15,17,19-22H2,1,3-5H3/t27-,29+,30+,31-,32+,35+/m1/s1. The van der Waals surface area contributed by atoms with Crippen LogP contribution in [0.3, 0.4) is 0 Å². The predicted molar refractivity (Wildman–Crippen MR) is 170 cm³/mol. The summed E-state index contributed by atoms with van der Waals surface area (Å²) in [6, 6.07) is 0. The highest BCUT2D eigenvalue weighted by molar-refractivity contribution is 7.11. The number of aliphatic hydroxyl groups excluding tert-OH is 3. The van der Waals surface area contributed by atoms with Gasteiger partial charge in [-0.05, 0) is 98.0 Å². The molecule has 1 aromatic rings. The Labute approximate surface area is 252 Å². The van der Waals surface area contributed by atoms with Gasteiger partial charge in [-0.3, -0.25) is 0 Å². The number of thiazole rings is 1. The number of hydrogen-bond donors (Lipinski definition) is 3. The zero-order valence-electron chi connectivity index (χ0n) is 25.9. The molecular formula is C36H53NO3S. The molecule has 4 saturated carbocycles. The van der Waals surface area contributed by atoms with Crippen molar-refractivity contribution in [3.8, 4) is 0 Å². The summed E-state index contributed by atoms with van der Waals surface area (Å²) in [5.41, 5.74) is 3.31. The van der Waals surface area contributed by atoms with Crippen molar-refractivity contribution in [1.29, 1.82) is 0 Å². The number of hydrogen-bond acceptors (Lipinski definition) is 5. The molecule has 226 valence electrons. The summed E-state index contributed by atoms with van der Waals surface area (Å²) in [5, 5.41) is 33.0. The Balaban J connectivity index is 1.28. The monoisotopic (exact) mass is 579 g/mol. The summed E-state index contributed by atoms with van der Waals surface area (Å²) in [4.78, 5) is 6.15. The summed E-state index contributed by atoms with van der Waals surface area (Å²) in [6.45, 7) is 13.6. The normalized spacial score (nSPS) is 34.5. The predicted octanol–water partition coefficient (Wildman–Crippen LogP) is 7.99. The summed E-state index contributed by atoms with van der Waals surface area (Å²) < 4.78 is 0. The van der Waals surface area contributed by atoms with Crippen LogP contribution in [0.1, 0.15) is 115 Å². The van der Waals surface area contributed by atoms with Gasteiger partial charge in [-0.1, -0.05) is 77.0 Å². The molecule has 1 aromatic heterocycles. The number of aromatic nitrogens is 1. The van der Waals surface area contributed by atoms with E-state index in [0.29, 0.717) is 24.7 Å². The van der Waals surface area contributed by atoms with Crippen molar-refractivity contribution in [3.63, 3.8) is 0 Å². The molecule has 0 radical (unpaired) electrons. The molecule has 0 saturated heterocycles. The van der Waals surface area contributed by atoms with Gasteiger partial charge in [0, 0.05) is 17.5 Å². The summed E-state index contributed by atoms with van der Waals surface area (Å²) >= 11 is 1.82. The zero-order valence-corrected chi connectivity index (χ0v) is 26.7. The second-order valence-corrected chi connectivity index (χ2v) is 15.6. The third kappa shape index (κ3) is 6.25. The van der Waals surface area contributed by atoms with E-state index >= 15 is 0 Å². The number of fused-ring (bicyclic) bond motifs is 1. The minimum atomic E-state index is -0.642. The van der Waals surface area contributed by atoms with Gasteiger partial charge in [0.1, 0.15) is 5.01 Å². The van der Waals surface area contributed by atoms with E-state index in [2.05, 4.69) is 58.6 Å². The van der Waals surface area contributed by atoms with Crippen molar-refractivity contribution in [3.05, 3.63) is 63.7 Å². The van der Waals surface area contributed by atoms with Crippen LogP contribution in [0.15, 0.2) is 53.8 Å². The summed E-state index contributed by atoms with van der Waals surface area (Å²) in [5.74, 6) is 1.10. The van der Waals surface area contributed by atoms with Crippen LogP contribution in [-0.2, 0) is 11.8 Å². The SMILES string of the molecule is C=C1C(=CC=C2CCC[C@]3(C)[C@@H](C(C)(C)C=C[C@H](O)C4(c5ncc(CCCCC)s5)CC4)CC[C@@H]23)C[C@@H](O)C[C@@H]1O. The van der Waals surface area contributed by atoms with Crippen molar-refractivity contribution in [1.82, 2.24) is 4.98 Å². The maximum Gasteiger partial charge on any atom is 0.102 e. The molecule has 3 N–H and O–H groups in total. The van der Waals surface area contributed by atoms with E-state index in [1.165, 1.54) is 55.4 Å². The maximum absolute atomic E-state index is 11.4. The van der Waals surface area contributed by atoms with E-state index in [9.17, 15) is 15.3 Å². The first kappa shape index (κ1) is 30.9. The van der Waals surface area contributed by atoms with Crippen molar-refractivity contribution < 1.29 is 15.3 Å². The lowest BCUT2D eigenvalue weighted by Gasteiger charge is -2.47. The molecule has 5 heteroatoms. The molecule has 0 bridgehead atoms. The van der Waals surface area contributed by atoms with E-state index in [1.54, 1.807) is 0 Å². The molecule has 1 heterocycles. The Kier molecular flexibility index (Phi) is 9.22. The number of nitrogens with zero attached hydrogens (tertiary/aromatic N) is 1. The highest BCUT2D eigenvalue weighted by atomic mass is 32.1. The van der Waals surface area contributed by atoms with Crippen molar-refractivity contribution in [2.24, 2.45) is 22.7 Å².